The number of para-hydroxylation sites is 1. The molecule has 0 fully saturated rings. The Labute approximate surface area is 193 Å². The fourth-order valence-electron chi connectivity index (χ4n) is 3.09. The first-order chi connectivity index (χ1) is 15.2. The van der Waals surface area contributed by atoms with E-state index in [1.54, 1.807) is 41.3 Å². The van der Waals surface area contributed by atoms with E-state index in [9.17, 15) is 13.2 Å². The van der Waals surface area contributed by atoms with Gasteiger partial charge in [0.25, 0.3) is 5.91 Å². The van der Waals surface area contributed by atoms with Gasteiger partial charge in [-0.15, -0.1) is 0 Å². The van der Waals surface area contributed by atoms with E-state index in [4.69, 9.17) is 4.74 Å². The summed E-state index contributed by atoms with van der Waals surface area (Å²) in [4.78, 5) is 21.7. The number of hydrogen-bond acceptors (Lipinski definition) is 7. The van der Waals surface area contributed by atoms with Crippen molar-refractivity contribution < 1.29 is 17.9 Å². The summed E-state index contributed by atoms with van der Waals surface area (Å²) < 4.78 is 30.8. The van der Waals surface area contributed by atoms with Crippen LogP contribution in [0.1, 0.15) is 30.1 Å². The molecule has 1 heterocycles. The minimum Gasteiger partial charge on any atom is -0.494 e. The molecule has 0 aliphatic rings. The molecule has 1 amide bonds. The number of carbonyl (C=O) groups excluding carboxylic acids is 1. The number of aromatic nitrogens is 1. The van der Waals surface area contributed by atoms with Crippen LogP contribution >= 0.6 is 11.3 Å². The molecule has 0 aliphatic carbocycles. The lowest BCUT2D eigenvalue weighted by Gasteiger charge is -2.22. The summed E-state index contributed by atoms with van der Waals surface area (Å²) in [7, 11) is 0.436. The molecule has 32 heavy (non-hydrogen) atoms. The van der Waals surface area contributed by atoms with E-state index in [1.165, 1.54) is 17.6 Å². The summed E-state index contributed by atoms with van der Waals surface area (Å²) in [5.41, 5.74) is 0.923. The second-order valence-electron chi connectivity index (χ2n) is 7.86. The zero-order valence-electron chi connectivity index (χ0n) is 18.9. The van der Waals surface area contributed by atoms with Gasteiger partial charge >= 0.3 is 0 Å². The Morgan fingerprint density at radius 2 is 1.81 bits per heavy atom. The molecule has 0 unspecified atom stereocenters. The largest absolute Gasteiger partial charge is 0.494 e. The highest BCUT2D eigenvalue weighted by molar-refractivity contribution is 7.91. The first-order valence-electron chi connectivity index (χ1n) is 10.5. The molecular formula is C23H29N3O4S2. The fourth-order valence-corrected chi connectivity index (χ4v) is 5.01. The summed E-state index contributed by atoms with van der Waals surface area (Å²) >= 11 is 1.31. The van der Waals surface area contributed by atoms with Crippen LogP contribution in [0.2, 0.25) is 0 Å². The number of amides is 1. The first kappa shape index (κ1) is 24.2. The second kappa shape index (κ2) is 10.4. The average molecular weight is 476 g/mol. The van der Waals surface area contributed by atoms with Gasteiger partial charge in [-0.1, -0.05) is 30.7 Å². The maximum Gasteiger partial charge on any atom is 0.260 e. The van der Waals surface area contributed by atoms with Crippen molar-refractivity contribution in [3.05, 3.63) is 48.0 Å². The Kier molecular flexibility index (Phi) is 7.86. The van der Waals surface area contributed by atoms with Crippen LogP contribution in [-0.2, 0) is 9.84 Å². The highest BCUT2D eigenvalue weighted by atomic mass is 32.2. The maximum atomic E-state index is 13.4. The van der Waals surface area contributed by atoms with Crippen molar-refractivity contribution in [2.75, 3.05) is 44.9 Å². The summed E-state index contributed by atoms with van der Waals surface area (Å²) in [6, 6.07) is 12.2. The fraction of sp³-hybridized carbons (Fsp3) is 0.391. The molecule has 0 bridgehead atoms. The number of carbonyl (C=O) groups is 1. The summed E-state index contributed by atoms with van der Waals surface area (Å²) in [5.74, 6) is 0.541. The molecule has 0 N–H and O–H groups in total. The lowest BCUT2D eigenvalue weighted by Crippen LogP contribution is -2.36. The van der Waals surface area contributed by atoms with Crippen LogP contribution in [0.4, 0.5) is 5.13 Å². The van der Waals surface area contributed by atoms with Crippen LogP contribution in [-0.4, -0.2) is 64.3 Å². The number of sulfone groups is 1. The highest BCUT2D eigenvalue weighted by Crippen LogP contribution is 2.33. The summed E-state index contributed by atoms with van der Waals surface area (Å²) in [6.07, 6.45) is 3.20. The van der Waals surface area contributed by atoms with Gasteiger partial charge in [0.15, 0.2) is 15.0 Å². The Morgan fingerprint density at radius 3 is 2.44 bits per heavy atom. The van der Waals surface area contributed by atoms with Gasteiger partial charge in [-0.25, -0.2) is 13.4 Å². The van der Waals surface area contributed by atoms with Crippen molar-refractivity contribution in [2.24, 2.45) is 0 Å². The predicted octanol–water partition coefficient (Wildman–Crippen LogP) is 4.09. The molecular weight excluding hydrogens is 446 g/mol. The average Bonchev–Trinajstić information content (AvgIpc) is 3.17. The van der Waals surface area contributed by atoms with E-state index in [-0.39, 0.29) is 10.8 Å². The molecule has 2 aromatic carbocycles. The van der Waals surface area contributed by atoms with E-state index in [2.05, 4.69) is 11.9 Å². The van der Waals surface area contributed by atoms with Gasteiger partial charge in [0.05, 0.1) is 16.2 Å². The predicted molar refractivity (Wildman–Crippen MR) is 130 cm³/mol. The summed E-state index contributed by atoms with van der Waals surface area (Å²) in [5, 5.41) is 0.478. The van der Waals surface area contributed by atoms with Gasteiger partial charge < -0.3 is 9.64 Å². The smallest absolute Gasteiger partial charge is 0.260 e. The van der Waals surface area contributed by atoms with Crippen LogP contribution in [0.25, 0.3) is 10.2 Å². The number of thiazole rings is 1. The van der Waals surface area contributed by atoms with Gasteiger partial charge in [0, 0.05) is 24.9 Å². The standard InChI is InChI=1S/C23H29N3O4S2/c1-5-6-16-30-18-12-10-17(11-13-18)22(27)26(15-14-25(2)3)23-24-21-19(31-23)8-7-9-20(21)32(4,28)29/h7-13H,5-6,14-16H2,1-4H3. The van der Waals surface area contributed by atoms with Crippen molar-refractivity contribution in [3.63, 3.8) is 0 Å². The molecule has 7 nitrogen and oxygen atoms in total. The molecule has 9 heteroatoms. The summed E-state index contributed by atoms with van der Waals surface area (Å²) in [6.45, 7) is 3.81. The minimum atomic E-state index is -3.44. The molecule has 1 aromatic heterocycles. The van der Waals surface area contributed by atoms with Crippen molar-refractivity contribution >= 4 is 42.4 Å². The SMILES string of the molecule is CCCCOc1ccc(C(=O)N(CCN(C)C)c2nc3c(S(C)(=O)=O)cccc3s2)cc1. The topological polar surface area (TPSA) is 79.8 Å². The van der Waals surface area contributed by atoms with E-state index in [0.29, 0.717) is 35.9 Å². The number of benzene rings is 2. The molecule has 3 aromatic rings. The van der Waals surface area contributed by atoms with Gasteiger partial charge in [0.1, 0.15) is 11.3 Å². The van der Waals surface area contributed by atoms with Crippen LogP contribution in [0.3, 0.4) is 0 Å². The number of hydrogen-bond donors (Lipinski definition) is 0. The van der Waals surface area contributed by atoms with E-state index < -0.39 is 9.84 Å². The highest BCUT2D eigenvalue weighted by Gasteiger charge is 2.23. The number of unbranched alkanes of at least 4 members (excludes halogenated alkanes) is 1. The van der Waals surface area contributed by atoms with Gasteiger partial charge in [-0.3, -0.25) is 9.69 Å². The van der Waals surface area contributed by atoms with E-state index >= 15 is 0 Å². The normalized spacial score (nSPS) is 11.8. The zero-order chi connectivity index (χ0) is 23.3. The van der Waals surface area contributed by atoms with Crippen molar-refractivity contribution in [2.45, 2.75) is 24.7 Å². The number of fused-ring (bicyclic) bond motifs is 1. The van der Waals surface area contributed by atoms with Crippen LogP contribution in [0.5, 0.6) is 5.75 Å². The number of rotatable bonds is 10. The van der Waals surface area contributed by atoms with Crippen LogP contribution in [0.15, 0.2) is 47.4 Å². The monoisotopic (exact) mass is 475 g/mol. The van der Waals surface area contributed by atoms with Crippen molar-refractivity contribution in [1.29, 1.82) is 0 Å². The Hall–Kier alpha value is -2.49. The van der Waals surface area contributed by atoms with Gasteiger partial charge in [0.2, 0.25) is 0 Å². The third-order valence-corrected chi connectivity index (χ3v) is 7.06. The molecule has 3 rings (SSSR count). The molecule has 0 atom stereocenters. The van der Waals surface area contributed by atoms with Gasteiger partial charge in [-0.05, 0) is 56.9 Å². The number of likely N-dealkylation sites (N-methyl/N-ethyl adjacent to an activating group) is 1. The zero-order valence-corrected chi connectivity index (χ0v) is 20.5. The molecule has 172 valence electrons. The maximum absolute atomic E-state index is 13.4. The molecule has 0 saturated heterocycles. The van der Waals surface area contributed by atoms with Crippen molar-refractivity contribution in [1.82, 2.24) is 9.88 Å². The van der Waals surface area contributed by atoms with Crippen LogP contribution < -0.4 is 9.64 Å². The van der Waals surface area contributed by atoms with E-state index in [1.807, 2.05) is 25.1 Å². The third-order valence-electron chi connectivity index (χ3n) is 4.88. The first-order valence-corrected chi connectivity index (χ1v) is 13.2. The second-order valence-corrected chi connectivity index (χ2v) is 10.9. The Balaban J connectivity index is 1.94. The Bertz CT molecular complexity index is 1170. The van der Waals surface area contributed by atoms with Crippen molar-refractivity contribution in [3.8, 4) is 5.75 Å². The lowest BCUT2D eigenvalue weighted by atomic mass is 10.2. The van der Waals surface area contributed by atoms with Crippen LogP contribution in [0, 0.1) is 0 Å². The molecule has 0 saturated carbocycles. The quantitative estimate of drug-likeness (QED) is 0.411. The Morgan fingerprint density at radius 1 is 1.09 bits per heavy atom. The van der Waals surface area contributed by atoms with E-state index in [0.717, 1.165) is 23.3 Å². The number of anilines is 1. The number of nitrogens with zero attached hydrogens (tertiary/aromatic N) is 3. The molecule has 0 aliphatic heterocycles. The molecule has 0 spiro atoms. The molecule has 0 radical (unpaired) electrons. The minimum absolute atomic E-state index is 0.172. The number of ether oxygens (including phenoxy) is 1. The third kappa shape index (κ3) is 5.85. The lowest BCUT2D eigenvalue weighted by molar-refractivity contribution is 0.0985. The van der Waals surface area contributed by atoms with Gasteiger partial charge in [-0.2, -0.15) is 0 Å².